The van der Waals surface area contributed by atoms with Gasteiger partial charge in [-0.15, -0.1) is 0 Å². The van der Waals surface area contributed by atoms with Crippen LogP contribution in [0.5, 0.6) is 5.75 Å². The highest BCUT2D eigenvalue weighted by Crippen LogP contribution is 2.47. The molecule has 3 N–H and O–H groups in total. The van der Waals surface area contributed by atoms with E-state index in [1.54, 1.807) is 24.3 Å². The highest BCUT2D eigenvalue weighted by molar-refractivity contribution is 6.22. The van der Waals surface area contributed by atoms with Crippen molar-refractivity contribution in [3.63, 3.8) is 0 Å². The van der Waals surface area contributed by atoms with E-state index in [1.807, 2.05) is 36.4 Å². The van der Waals surface area contributed by atoms with Crippen LogP contribution in [0, 0.1) is 27.9 Å². The van der Waals surface area contributed by atoms with Gasteiger partial charge in [-0.25, -0.2) is 4.90 Å². The number of aromatic hydroxyl groups is 1. The van der Waals surface area contributed by atoms with Crippen LogP contribution in [-0.4, -0.2) is 58.5 Å². The molecule has 0 aromatic heterocycles. The monoisotopic (exact) mass is 598 g/mol. The summed E-state index contributed by atoms with van der Waals surface area (Å²) in [6, 6.07) is 21.9. The molecule has 0 saturated carbocycles. The number of fused-ring (bicyclic) bond motifs is 1. The molecule has 2 aliphatic rings. The van der Waals surface area contributed by atoms with E-state index in [9.17, 15) is 35.0 Å². The Labute approximate surface area is 254 Å². The van der Waals surface area contributed by atoms with Crippen LogP contribution in [0.1, 0.15) is 30.4 Å². The zero-order chi connectivity index (χ0) is 31.4. The second kappa shape index (κ2) is 13.3. The molecule has 44 heavy (non-hydrogen) atoms. The minimum atomic E-state index is -1.04. The number of carbonyl (C=O) groups is 2. The number of phenolic OH excluding ortho intramolecular Hbond substituents is 1. The molecule has 0 spiro atoms. The van der Waals surface area contributed by atoms with Crippen molar-refractivity contribution >= 4 is 34.8 Å². The van der Waals surface area contributed by atoms with Gasteiger partial charge in [0.25, 0.3) is 5.69 Å². The number of amides is 2. The first-order chi connectivity index (χ1) is 21.2. The lowest BCUT2D eigenvalue weighted by Gasteiger charge is -2.36. The number of nitrogens with zero attached hydrogens (tertiary/aromatic N) is 2. The molecule has 1 aliphatic heterocycles. The number of hydrogen-bond acceptors (Lipinski definition) is 8. The van der Waals surface area contributed by atoms with E-state index in [4.69, 9.17) is 4.74 Å². The Bertz CT molecular complexity index is 1600. The molecular weight excluding hydrogens is 564 g/mol. The van der Waals surface area contributed by atoms with E-state index in [2.05, 4.69) is 0 Å². The number of aliphatic hydroxyl groups excluding tert-OH is 2. The second-order valence-electron chi connectivity index (χ2n) is 11.1. The smallest absolute Gasteiger partial charge is 0.271 e. The van der Waals surface area contributed by atoms with Crippen molar-refractivity contribution in [1.82, 2.24) is 0 Å². The van der Waals surface area contributed by atoms with Crippen LogP contribution < -0.4 is 4.90 Å². The Hall–Kier alpha value is -4.64. The molecule has 4 atom stereocenters. The number of ether oxygens (including phenoxy) is 1. The van der Waals surface area contributed by atoms with Gasteiger partial charge in [0.1, 0.15) is 5.75 Å². The maximum Gasteiger partial charge on any atom is 0.271 e. The molecule has 1 aliphatic carbocycles. The van der Waals surface area contributed by atoms with E-state index in [-0.39, 0.29) is 36.6 Å². The van der Waals surface area contributed by atoms with Gasteiger partial charge in [0.05, 0.1) is 41.8 Å². The number of anilines is 1. The number of nitro groups is 1. The predicted octanol–water partition coefficient (Wildman–Crippen LogP) is 4.74. The van der Waals surface area contributed by atoms with E-state index in [1.165, 1.54) is 31.4 Å². The SMILES string of the molecule is COCC1=C([C@H](O)CC/C(=C/c2ccc(O)cc2)c2ccccc2)[C@H](CO)[C@@H]2C(=O)N(c3cccc([N+](=O)[O-])c3)C(=O)[C@@H]2C1. The molecule has 1 saturated heterocycles. The molecule has 2 amide bonds. The minimum absolute atomic E-state index is 0.0996. The van der Waals surface area contributed by atoms with Crippen LogP contribution in [0.4, 0.5) is 11.4 Å². The average Bonchev–Trinajstić information content (AvgIpc) is 3.28. The molecule has 10 nitrogen and oxygen atoms in total. The summed E-state index contributed by atoms with van der Waals surface area (Å²) in [5.41, 5.74) is 3.79. The third-order valence-corrected chi connectivity index (χ3v) is 8.42. The van der Waals surface area contributed by atoms with Crippen molar-refractivity contribution in [2.24, 2.45) is 17.8 Å². The maximum absolute atomic E-state index is 13.8. The summed E-state index contributed by atoms with van der Waals surface area (Å²) >= 11 is 0. The molecule has 0 unspecified atom stereocenters. The average molecular weight is 599 g/mol. The fraction of sp³-hybridized carbons (Fsp3) is 0.294. The van der Waals surface area contributed by atoms with E-state index in [0.717, 1.165) is 21.6 Å². The van der Waals surface area contributed by atoms with Gasteiger partial charge in [0, 0.05) is 25.2 Å². The largest absolute Gasteiger partial charge is 0.508 e. The van der Waals surface area contributed by atoms with Crippen molar-refractivity contribution in [2.75, 3.05) is 25.2 Å². The quantitative estimate of drug-likeness (QED) is 0.0942. The number of non-ortho nitro benzene ring substituents is 1. The summed E-state index contributed by atoms with van der Waals surface area (Å²) in [6.45, 7) is -0.364. The van der Waals surface area contributed by atoms with Crippen molar-refractivity contribution in [1.29, 1.82) is 0 Å². The van der Waals surface area contributed by atoms with Crippen LogP contribution >= 0.6 is 0 Å². The molecule has 0 radical (unpaired) electrons. The minimum Gasteiger partial charge on any atom is -0.508 e. The lowest BCUT2D eigenvalue weighted by atomic mass is 9.68. The summed E-state index contributed by atoms with van der Waals surface area (Å²) in [5, 5.41) is 43.3. The summed E-state index contributed by atoms with van der Waals surface area (Å²) < 4.78 is 5.44. The van der Waals surface area contributed by atoms with E-state index >= 15 is 0 Å². The maximum atomic E-state index is 13.8. The number of benzene rings is 3. The summed E-state index contributed by atoms with van der Waals surface area (Å²) in [4.78, 5) is 39.1. The zero-order valence-corrected chi connectivity index (χ0v) is 24.2. The Balaban J connectivity index is 1.45. The molecule has 228 valence electrons. The highest BCUT2D eigenvalue weighted by atomic mass is 16.6. The standard InChI is InChI=1S/C34H34N2O8/c1-44-20-24-17-28-32(34(41)35(33(28)40)25-8-5-9-26(18-25)36(42)43)29(19-37)31(24)30(39)15-12-23(22-6-3-2-4-7-22)16-21-10-13-27(38)14-11-21/h2-11,13-14,16,18,28-30,32,37-39H,12,15,17,19-20H2,1H3/b23-16-/t28-,29+,30-,32-/m1/s1. The topological polar surface area (TPSA) is 150 Å². The first-order valence-electron chi connectivity index (χ1n) is 14.4. The summed E-state index contributed by atoms with van der Waals surface area (Å²) in [5.74, 6) is -3.46. The normalized spacial score (nSPS) is 21.0. The van der Waals surface area contributed by atoms with Gasteiger partial charge in [-0.2, -0.15) is 0 Å². The molecule has 1 fully saturated rings. The Morgan fingerprint density at radius 1 is 1.07 bits per heavy atom. The molecule has 0 bridgehead atoms. The zero-order valence-electron chi connectivity index (χ0n) is 24.2. The Morgan fingerprint density at radius 3 is 2.45 bits per heavy atom. The van der Waals surface area contributed by atoms with Crippen LogP contribution in [-0.2, 0) is 14.3 Å². The number of phenols is 1. The lowest BCUT2D eigenvalue weighted by Crippen LogP contribution is -2.39. The van der Waals surface area contributed by atoms with Crippen LogP contribution in [0.25, 0.3) is 11.6 Å². The molecule has 10 heteroatoms. The first kappa shape index (κ1) is 30.8. The molecule has 5 rings (SSSR count). The third-order valence-electron chi connectivity index (χ3n) is 8.42. The van der Waals surface area contributed by atoms with Gasteiger partial charge in [0.15, 0.2) is 0 Å². The summed E-state index contributed by atoms with van der Waals surface area (Å²) in [6.07, 6.45) is 1.83. The number of rotatable bonds is 11. The second-order valence-corrected chi connectivity index (χ2v) is 11.1. The van der Waals surface area contributed by atoms with Gasteiger partial charge in [-0.1, -0.05) is 54.6 Å². The Morgan fingerprint density at radius 2 is 1.80 bits per heavy atom. The van der Waals surface area contributed by atoms with Gasteiger partial charge in [0.2, 0.25) is 11.8 Å². The number of hydrogen-bond donors (Lipinski definition) is 3. The molecule has 3 aromatic carbocycles. The number of methoxy groups -OCH3 is 1. The van der Waals surface area contributed by atoms with Gasteiger partial charge in [-0.05, 0) is 65.3 Å². The molecular formula is C34H34N2O8. The molecule has 3 aromatic rings. The number of nitro benzene ring substituents is 1. The van der Waals surface area contributed by atoms with E-state index < -0.39 is 47.2 Å². The van der Waals surface area contributed by atoms with Crippen molar-refractivity contribution in [3.8, 4) is 5.75 Å². The number of carbonyl (C=O) groups excluding carboxylic acids is 2. The number of imide groups is 1. The van der Waals surface area contributed by atoms with Gasteiger partial charge in [-0.3, -0.25) is 19.7 Å². The number of aliphatic hydroxyl groups is 2. The predicted molar refractivity (Wildman–Crippen MR) is 164 cm³/mol. The van der Waals surface area contributed by atoms with Crippen LogP contribution in [0.3, 0.4) is 0 Å². The van der Waals surface area contributed by atoms with Crippen molar-refractivity contribution < 1.29 is 34.6 Å². The van der Waals surface area contributed by atoms with Gasteiger partial charge >= 0.3 is 0 Å². The van der Waals surface area contributed by atoms with E-state index in [0.29, 0.717) is 17.6 Å². The fourth-order valence-electron chi connectivity index (χ4n) is 6.44. The van der Waals surface area contributed by atoms with Crippen molar-refractivity contribution in [3.05, 3.63) is 111 Å². The van der Waals surface area contributed by atoms with Crippen LogP contribution in [0.2, 0.25) is 0 Å². The molecule has 1 heterocycles. The highest BCUT2D eigenvalue weighted by Gasteiger charge is 2.55. The third kappa shape index (κ3) is 6.19. The van der Waals surface area contributed by atoms with Crippen molar-refractivity contribution in [2.45, 2.75) is 25.4 Å². The first-order valence-corrected chi connectivity index (χ1v) is 14.4. The summed E-state index contributed by atoms with van der Waals surface area (Å²) in [7, 11) is 1.50. The van der Waals surface area contributed by atoms with Crippen LogP contribution in [0.15, 0.2) is 90.0 Å². The Kier molecular flexibility index (Phi) is 9.34. The lowest BCUT2D eigenvalue weighted by molar-refractivity contribution is -0.384. The number of allylic oxidation sites excluding steroid dienone is 1. The van der Waals surface area contributed by atoms with Gasteiger partial charge < -0.3 is 20.1 Å². The fourth-order valence-corrected chi connectivity index (χ4v) is 6.44.